The molecule has 0 N–H and O–H groups in total. The quantitative estimate of drug-likeness (QED) is 0.0887. The number of fused-ring (bicyclic) bond motifs is 12. The summed E-state index contributed by atoms with van der Waals surface area (Å²) in [6.07, 6.45) is 0. The number of hydrogen-bond donors (Lipinski definition) is 0. The predicted molar refractivity (Wildman–Crippen MR) is 531 cm³/mol. The van der Waals surface area contributed by atoms with Crippen molar-refractivity contribution in [3.63, 3.8) is 0 Å². The third kappa shape index (κ3) is 11.1. The molecule has 0 amide bonds. The fourth-order valence-electron chi connectivity index (χ4n) is 20.8. The molecule has 0 saturated heterocycles. The van der Waals surface area contributed by atoms with Crippen molar-refractivity contribution in [1.82, 2.24) is 0 Å². The highest BCUT2D eigenvalue weighted by molar-refractivity contribution is 6.31. The van der Waals surface area contributed by atoms with E-state index < -0.39 is 5.41 Å². The van der Waals surface area contributed by atoms with Crippen molar-refractivity contribution in [3.8, 4) is 22.3 Å². The van der Waals surface area contributed by atoms with Crippen molar-refractivity contribution in [2.45, 2.75) is 19.3 Å². The summed E-state index contributed by atoms with van der Waals surface area (Å²) in [6, 6.07) is 154. The first kappa shape index (κ1) is 72.0. The van der Waals surface area contributed by atoms with Crippen molar-refractivity contribution in [3.05, 3.63) is 436 Å². The minimum absolute atomic E-state index is 0.476. The molecule has 26 aromatic rings. The third-order valence-electron chi connectivity index (χ3n) is 26.9. The standard InChI is InChI=1S/C119H76N4O4/c1-119(2,79-57-61-81(62-58-79)120(103-41-21-35-89-85-31-11-17-45-107(85)124-115(89)103)99-69-53-75-51-67-95-101(71-55-77-49-65-93(99)111(75)113(77)95)122(97-39-15-9-29-83(97)73-25-5-3-6-26-73)105-43-23-37-91-87-33-13-19-47-109(87)126-117(91)105)80-59-63-82(64-60-80)121(104-42-22-36-90-86-32-12-18-46-108(86)125-116(90)104)100-70-54-76-52-68-96-102(72-56-78-50-66-94(100)112(76)114(78)96)123(98-40-16-10-30-84(98)74-27-7-4-8-28-74)106-44-24-38-92-88-34-14-20-48-110(88)127-118(92)106/h3-72H,1-2H3. The molecule has 8 heteroatoms. The Balaban J connectivity index is 0.610. The largest absolute Gasteiger partial charge is 0.454 e. The van der Waals surface area contributed by atoms with Gasteiger partial charge in [0, 0.05) is 92.6 Å². The van der Waals surface area contributed by atoms with Gasteiger partial charge in [-0.25, -0.2) is 0 Å². The van der Waals surface area contributed by atoms with Crippen LogP contribution < -0.4 is 19.6 Å². The van der Waals surface area contributed by atoms with Crippen molar-refractivity contribution in [2.75, 3.05) is 19.6 Å². The molecule has 596 valence electrons. The second kappa shape index (κ2) is 28.2. The second-order valence-electron chi connectivity index (χ2n) is 34.0. The van der Waals surface area contributed by atoms with Crippen LogP contribution in [0.4, 0.5) is 68.2 Å². The molecule has 0 aliphatic rings. The highest BCUT2D eigenvalue weighted by atomic mass is 16.3. The second-order valence-corrected chi connectivity index (χ2v) is 34.0. The van der Waals surface area contributed by atoms with Crippen molar-refractivity contribution in [2.24, 2.45) is 0 Å². The van der Waals surface area contributed by atoms with Crippen LogP contribution in [-0.2, 0) is 5.41 Å². The third-order valence-corrected chi connectivity index (χ3v) is 26.9. The van der Waals surface area contributed by atoms with E-state index in [0.717, 1.165) is 232 Å². The normalized spacial score (nSPS) is 12.2. The lowest BCUT2D eigenvalue weighted by molar-refractivity contribution is 0.641. The number of hydrogen-bond acceptors (Lipinski definition) is 8. The summed E-state index contributed by atoms with van der Waals surface area (Å²) in [6.45, 7) is 4.69. The molecule has 0 atom stereocenters. The molecule has 22 aromatic carbocycles. The minimum Gasteiger partial charge on any atom is -0.454 e. The van der Waals surface area contributed by atoms with Gasteiger partial charge in [0.05, 0.1) is 56.9 Å². The Bertz CT molecular complexity index is 8390. The predicted octanol–water partition coefficient (Wildman–Crippen LogP) is 34.6. The lowest BCUT2D eigenvalue weighted by Crippen LogP contribution is -2.19. The number of furan rings is 4. The van der Waals surface area contributed by atoms with Crippen LogP contribution in [0.15, 0.2) is 442 Å². The van der Waals surface area contributed by atoms with Crippen LogP contribution >= 0.6 is 0 Å². The Morgan fingerprint density at radius 1 is 0.173 bits per heavy atom. The molecular formula is C119H76N4O4. The summed E-state index contributed by atoms with van der Waals surface area (Å²) in [7, 11) is 0. The van der Waals surface area contributed by atoms with Gasteiger partial charge in [-0.3, -0.25) is 0 Å². The van der Waals surface area contributed by atoms with Crippen LogP contribution in [0.1, 0.15) is 25.0 Å². The molecule has 0 radical (unpaired) electrons. The topological polar surface area (TPSA) is 65.5 Å². The van der Waals surface area contributed by atoms with Gasteiger partial charge in [0.25, 0.3) is 0 Å². The zero-order valence-electron chi connectivity index (χ0n) is 69.3. The highest BCUT2D eigenvalue weighted by Crippen LogP contribution is 2.56. The van der Waals surface area contributed by atoms with Crippen LogP contribution in [0.5, 0.6) is 0 Å². The molecule has 4 heterocycles. The van der Waals surface area contributed by atoms with Gasteiger partial charge < -0.3 is 37.3 Å². The molecule has 0 bridgehead atoms. The average molecular weight is 1630 g/mol. The fourth-order valence-corrected chi connectivity index (χ4v) is 20.8. The summed E-state index contributed by atoms with van der Waals surface area (Å²) >= 11 is 0. The first-order valence-corrected chi connectivity index (χ1v) is 43.5. The highest BCUT2D eigenvalue weighted by Gasteiger charge is 2.33. The molecule has 26 rings (SSSR count). The average Bonchev–Trinajstić information content (AvgIpc) is 0.786. The van der Waals surface area contributed by atoms with Gasteiger partial charge in [-0.2, -0.15) is 0 Å². The van der Waals surface area contributed by atoms with Gasteiger partial charge in [-0.05, 0) is 175 Å². The Morgan fingerprint density at radius 2 is 0.417 bits per heavy atom. The summed E-state index contributed by atoms with van der Waals surface area (Å²) in [5.74, 6) is 0. The Hall–Kier alpha value is -16.7. The maximum absolute atomic E-state index is 7.06. The summed E-state index contributed by atoms with van der Waals surface area (Å²) in [5, 5.41) is 22.3. The van der Waals surface area contributed by atoms with Crippen LogP contribution in [0.3, 0.4) is 0 Å². The molecule has 4 aromatic heterocycles. The molecule has 0 spiro atoms. The first-order chi connectivity index (χ1) is 62.8. The molecule has 0 aliphatic heterocycles. The SMILES string of the molecule is CC(C)(c1ccc(N(c2ccc3ccc4c(N(c5ccccc5-c5ccccc5)c5cccc6c5oc5ccccc56)ccc5ccc2c3c54)c2cccc3c2oc2ccccc23)cc1)c1ccc(N(c2ccc3ccc4c(N(c5ccccc5-c5ccccc5)c5cccc6c5oc5ccccc56)ccc5ccc2c3c54)c2cccc3c2oc2ccccc23)cc1. The van der Waals surface area contributed by atoms with E-state index in [4.69, 9.17) is 17.7 Å². The molecule has 127 heavy (non-hydrogen) atoms. The number of nitrogens with zero attached hydrogens (tertiary/aromatic N) is 4. The zero-order valence-corrected chi connectivity index (χ0v) is 69.3. The molecule has 0 saturated carbocycles. The lowest BCUT2D eigenvalue weighted by atomic mass is 9.78. The maximum atomic E-state index is 7.06. The summed E-state index contributed by atoms with van der Waals surface area (Å²) in [4.78, 5) is 9.71. The number of rotatable bonds is 16. The molecule has 0 unspecified atom stereocenters. The van der Waals surface area contributed by atoms with E-state index in [1.807, 2.05) is 12.1 Å². The van der Waals surface area contributed by atoms with E-state index in [0.29, 0.717) is 0 Å². The smallest absolute Gasteiger partial charge is 0.159 e. The zero-order chi connectivity index (χ0) is 83.7. The van der Waals surface area contributed by atoms with E-state index in [1.54, 1.807) is 0 Å². The van der Waals surface area contributed by atoms with Gasteiger partial charge in [-0.1, -0.05) is 329 Å². The molecule has 8 nitrogen and oxygen atoms in total. The summed E-state index contributed by atoms with van der Waals surface area (Å²) in [5.41, 5.74) is 24.9. The van der Waals surface area contributed by atoms with E-state index in [1.165, 1.54) is 21.5 Å². The fraction of sp³-hybridized carbons (Fsp3) is 0.0252. The molecular weight excluding hydrogens is 1550 g/mol. The molecule has 0 aliphatic carbocycles. The Labute approximate surface area is 730 Å². The number of anilines is 12. The van der Waals surface area contributed by atoms with E-state index in [-0.39, 0.29) is 0 Å². The van der Waals surface area contributed by atoms with Crippen LogP contribution in [0, 0.1) is 0 Å². The van der Waals surface area contributed by atoms with Crippen molar-refractivity contribution >= 4 is 221 Å². The number of para-hydroxylation sites is 10. The van der Waals surface area contributed by atoms with Crippen LogP contribution in [-0.4, -0.2) is 0 Å². The monoisotopic (exact) mass is 1620 g/mol. The van der Waals surface area contributed by atoms with Crippen molar-refractivity contribution < 1.29 is 17.7 Å². The number of benzene rings is 22. The van der Waals surface area contributed by atoms with Gasteiger partial charge in [-0.15, -0.1) is 0 Å². The van der Waals surface area contributed by atoms with Gasteiger partial charge in [0.15, 0.2) is 22.3 Å². The first-order valence-electron chi connectivity index (χ1n) is 43.5. The van der Waals surface area contributed by atoms with Gasteiger partial charge in [0.1, 0.15) is 22.3 Å². The minimum atomic E-state index is -0.476. The van der Waals surface area contributed by atoms with E-state index in [2.05, 4.69) is 446 Å². The van der Waals surface area contributed by atoms with Crippen LogP contribution in [0.2, 0.25) is 0 Å². The summed E-state index contributed by atoms with van der Waals surface area (Å²) < 4.78 is 28.1. The van der Waals surface area contributed by atoms with E-state index in [9.17, 15) is 0 Å². The molecule has 0 fully saturated rings. The van der Waals surface area contributed by atoms with Gasteiger partial charge >= 0.3 is 0 Å². The van der Waals surface area contributed by atoms with Crippen molar-refractivity contribution in [1.29, 1.82) is 0 Å². The Morgan fingerprint density at radius 3 is 0.732 bits per heavy atom. The Kier molecular flexibility index (Phi) is 16.0. The maximum Gasteiger partial charge on any atom is 0.159 e. The van der Waals surface area contributed by atoms with E-state index >= 15 is 0 Å². The lowest BCUT2D eigenvalue weighted by Gasteiger charge is -2.31. The van der Waals surface area contributed by atoms with Gasteiger partial charge in [0.2, 0.25) is 0 Å². The van der Waals surface area contributed by atoms with Crippen LogP contribution in [0.25, 0.3) is 175 Å².